The van der Waals surface area contributed by atoms with Crippen molar-refractivity contribution in [2.75, 3.05) is 11.5 Å². The summed E-state index contributed by atoms with van der Waals surface area (Å²) in [6, 6.07) is 9.66. The minimum Gasteiger partial charge on any atom is -0.346 e. The molecule has 6 nitrogen and oxygen atoms in total. The van der Waals surface area contributed by atoms with Crippen molar-refractivity contribution in [1.82, 2.24) is 15.1 Å². The second kappa shape index (κ2) is 6.24. The van der Waals surface area contributed by atoms with Gasteiger partial charge in [0.25, 0.3) is 0 Å². The molecule has 0 spiro atoms. The molecule has 1 fully saturated rings. The maximum atomic E-state index is 12.0. The molecule has 0 aliphatic carbocycles. The summed E-state index contributed by atoms with van der Waals surface area (Å²) in [6.45, 7) is 1.76. The fourth-order valence-corrected chi connectivity index (χ4v) is 4.86. The number of para-hydroxylation sites is 1. The van der Waals surface area contributed by atoms with E-state index in [2.05, 4.69) is 10.4 Å². The Balaban J connectivity index is 1.64. The van der Waals surface area contributed by atoms with E-state index in [0.717, 1.165) is 11.3 Å². The topological polar surface area (TPSA) is 81.1 Å². The summed E-state index contributed by atoms with van der Waals surface area (Å²) in [5.74, 6) is -0.190. The van der Waals surface area contributed by atoms with Crippen molar-refractivity contribution >= 4 is 21.8 Å². The standard InChI is InChI=1S/C17H19N3O3S/c1-17(9-10-24(22,23)13-17)19-16(21)8-7-14-11-18-20(12-14)15-5-3-2-4-6-15/h2-8,11-12H,9-10,13H2,1H3,(H,19,21)/b8-7+. The Morgan fingerprint density at radius 3 is 2.75 bits per heavy atom. The molecule has 1 aromatic heterocycles. The average Bonchev–Trinajstić information content (AvgIpc) is 3.10. The molecular formula is C17H19N3O3S. The Hall–Kier alpha value is -2.41. The van der Waals surface area contributed by atoms with Crippen LogP contribution >= 0.6 is 0 Å². The van der Waals surface area contributed by atoms with Crippen molar-refractivity contribution in [2.24, 2.45) is 0 Å². The SMILES string of the molecule is CC1(NC(=O)/C=C/c2cnn(-c3ccccc3)c2)CCS(=O)(=O)C1. The monoisotopic (exact) mass is 345 g/mol. The van der Waals surface area contributed by atoms with Crippen LogP contribution in [0, 0.1) is 0 Å². The number of carbonyl (C=O) groups is 1. The van der Waals surface area contributed by atoms with Crippen molar-refractivity contribution in [3.63, 3.8) is 0 Å². The van der Waals surface area contributed by atoms with Gasteiger partial charge >= 0.3 is 0 Å². The zero-order chi connectivity index (χ0) is 17.2. The molecule has 1 aliphatic heterocycles. The maximum Gasteiger partial charge on any atom is 0.244 e. The summed E-state index contributed by atoms with van der Waals surface area (Å²) < 4.78 is 24.9. The number of carbonyl (C=O) groups excluding carboxylic acids is 1. The third-order valence-electron chi connectivity index (χ3n) is 3.98. The van der Waals surface area contributed by atoms with Crippen molar-refractivity contribution in [3.05, 3.63) is 54.4 Å². The Kier molecular flexibility index (Phi) is 4.28. The molecule has 7 heteroatoms. The van der Waals surface area contributed by atoms with E-state index in [4.69, 9.17) is 0 Å². The second-order valence-corrected chi connectivity index (χ2v) is 8.46. The van der Waals surface area contributed by atoms with Gasteiger partial charge < -0.3 is 5.32 Å². The van der Waals surface area contributed by atoms with Crippen LogP contribution in [0.15, 0.2) is 48.8 Å². The maximum absolute atomic E-state index is 12.0. The summed E-state index contributed by atoms with van der Waals surface area (Å²) in [6.07, 6.45) is 7.00. The molecule has 3 rings (SSSR count). The van der Waals surface area contributed by atoms with Crippen LogP contribution in [-0.2, 0) is 14.6 Å². The highest BCUT2D eigenvalue weighted by Gasteiger charge is 2.39. The molecule has 2 heterocycles. The predicted octanol–water partition coefficient (Wildman–Crippen LogP) is 1.58. The van der Waals surface area contributed by atoms with Crippen molar-refractivity contribution in [2.45, 2.75) is 18.9 Å². The number of nitrogens with zero attached hydrogens (tertiary/aromatic N) is 2. The molecule has 1 N–H and O–H groups in total. The quantitative estimate of drug-likeness (QED) is 0.853. The zero-order valence-corrected chi connectivity index (χ0v) is 14.2. The van der Waals surface area contributed by atoms with Gasteiger partial charge in [-0.25, -0.2) is 13.1 Å². The normalized spacial score (nSPS) is 22.7. The van der Waals surface area contributed by atoms with Gasteiger partial charge in [-0.2, -0.15) is 5.10 Å². The van der Waals surface area contributed by atoms with Gasteiger partial charge in [0, 0.05) is 17.8 Å². The predicted molar refractivity (Wildman–Crippen MR) is 92.4 cm³/mol. The van der Waals surface area contributed by atoms with Crippen molar-refractivity contribution in [1.29, 1.82) is 0 Å². The first-order chi connectivity index (χ1) is 11.4. The van der Waals surface area contributed by atoms with Gasteiger partial charge in [-0.3, -0.25) is 4.79 Å². The summed E-state index contributed by atoms with van der Waals surface area (Å²) in [5.41, 5.74) is 1.04. The molecule has 1 atom stereocenters. The Bertz CT molecular complexity index is 871. The number of sulfone groups is 1. The highest BCUT2D eigenvalue weighted by Crippen LogP contribution is 2.22. The lowest BCUT2D eigenvalue weighted by Gasteiger charge is -2.22. The van der Waals surface area contributed by atoms with Crippen LogP contribution in [0.3, 0.4) is 0 Å². The van der Waals surface area contributed by atoms with Crippen LogP contribution in [0.4, 0.5) is 0 Å². The Labute approximate surface area is 141 Å². The summed E-state index contributed by atoms with van der Waals surface area (Å²) >= 11 is 0. The molecule has 1 unspecified atom stereocenters. The number of aromatic nitrogens is 2. The van der Waals surface area contributed by atoms with Gasteiger partial charge in [0.2, 0.25) is 5.91 Å². The number of rotatable bonds is 4. The number of hydrogen-bond acceptors (Lipinski definition) is 4. The lowest BCUT2D eigenvalue weighted by molar-refractivity contribution is -0.117. The van der Waals surface area contributed by atoms with Gasteiger partial charge in [0.1, 0.15) is 0 Å². The first-order valence-electron chi connectivity index (χ1n) is 7.66. The molecule has 1 aromatic carbocycles. The van der Waals surface area contributed by atoms with Gasteiger partial charge in [0.15, 0.2) is 9.84 Å². The van der Waals surface area contributed by atoms with Crippen LogP contribution in [0.2, 0.25) is 0 Å². The molecule has 1 aliphatic rings. The lowest BCUT2D eigenvalue weighted by atomic mass is 10.0. The van der Waals surface area contributed by atoms with Crippen molar-refractivity contribution < 1.29 is 13.2 Å². The van der Waals surface area contributed by atoms with Crippen LogP contribution in [0.5, 0.6) is 0 Å². The van der Waals surface area contributed by atoms with Crippen LogP contribution < -0.4 is 5.32 Å². The molecule has 1 amide bonds. The first kappa shape index (κ1) is 16.4. The molecule has 126 valence electrons. The number of nitrogens with one attached hydrogen (secondary N) is 1. The van der Waals surface area contributed by atoms with E-state index in [0.29, 0.717) is 6.42 Å². The molecule has 2 aromatic rings. The Morgan fingerprint density at radius 1 is 1.33 bits per heavy atom. The van der Waals surface area contributed by atoms with Crippen molar-refractivity contribution in [3.8, 4) is 5.69 Å². The lowest BCUT2D eigenvalue weighted by Crippen LogP contribution is -2.46. The van der Waals surface area contributed by atoms with E-state index in [-0.39, 0.29) is 17.4 Å². The number of benzene rings is 1. The third-order valence-corrected chi connectivity index (χ3v) is 5.88. The van der Waals surface area contributed by atoms with E-state index >= 15 is 0 Å². The van der Waals surface area contributed by atoms with Crippen LogP contribution in [0.1, 0.15) is 18.9 Å². The molecule has 0 bridgehead atoms. The van der Waals surface area contributed by atoms with Gasteiger partial charge in [-0.15, -0.1) is 0 Å². The minimum absolute atomic E-state index is 0.00841. The van der Waals surface area contributed by atoms with Gasteiger partial charge in [-0.1, -0.05) is 18.2 Å². The summed E-state index contributed by atoms with van der Waals surface area (Å²) in [4.78, 5) is 12.0. The summed E-state index contributed by atoms with van der Waals surface area (Å²) in [7, 11) is -3.05. The zero-order valence-electron chi connectivity index (χ0n) is 13.3. The fraction of sp³-hybridized carbons (Fsp3) is 0.294. The fourth-order valence-electron chi connectivity index (χ4n) is 2.76. The second-order valence-electron chi connectivity index (χ2n) is 6.28. The highest BCUT2D eigenvalue weighted by molar-refractivity contribution is 7.91. The molecular weight excluding hydrogens is 326 g/mol. The van der Waals surface area contributed by atoms with Gasteiger partial charge in [-0.05, 0) is 31.6 Å². The number of hydrogen-bond donors (Lipinski definition) is 1. The summed E-state index contributed by atoms with van der Waals surface area (Å²) in [5, 5.41) is 7.04. The average molecular weight is 345 g/mol. The van der Waals surface area contributed by atoms with Gasteiger partial charge in [0.05, 0.1) is 28.9 Å². The van der Waals surface area contributed by atoms with E-state index in [1.807, 2.05) is 36.5 Å². The van der Waals surface area contributed by atoms with E-state index < -0.39 is 15.4 Å². The Morgan fingerprint density at radius 2 is 2.08 bits per heavy atom. The van der Waals surface area contributed by atoms with E-state index in [9.17, 15) is 13.2 Å². The van der Waals surface area contributed by atoms with E-state index in [1.54, 1.807) is 23.9 Å². The molecule has 0 radical (unpaired) electrons. The largest absolute Gasteiger partial charge is 0.346 e. The smallest absolute Gasteiger partial charge is 0.244 e. The molecule has 0 saturated carbocycles. The number of amides is 1. The first-order valence-corrected chi connectivity index (χ1v) is 9.48. The van der Waals surface area contributed by atoms with Crippen LogP contribution in [-0.4, -0.2) is 41.2 Å². The molecule has 24 heavy (non-hydrogen) atoms. The highest BCUT2D eigenvalue weighted by atomic mass is 32.2. The third kappa shape index (κ3) is 3.91. The molecule has 1 saturated heterocycles. The van der Waals surface area contributed by atoms with Crippen LogP contribution in [0.25, 0.3) is 11.8 Å². The van der Waals surface area contributed by atoms with E-state index in [1.165, 1.54) is 6.08 Å². The minimum atomic E-state index is -3.05.